The maximum Gasteiger partial charge on any atom is 0.124 e. The highest BCUT2D eigenvalue weighted by Gasteiger charge is 2.12. The molecule has 114 valence electrons. The Morgan fingerprint density at radius 2 is 2.19 bits per heavy atom. The zero-order valence-electron chi connectivity index (χ0n) is 12.8. The molecule has 0 aliphatic rings. The summed E-state index contributed by atoms with van der Waals surface area (Å²) < 4.78 is 15.2. The molecule has 2 aromatic rings. The molecule has 0 aliphatic carbocycles. The Balaban J connectivity index is 1.96. The second-order valence-corrected chi connectivity index (χ2v) is 6.14. The number of thioether (sulfide) groups is 1. The van der Waals surface area contributed by atoms with Crippen molar-refractivity contribution < 1.29 is 4.39 Å². The largest absolute Gasteiger partial charge is 0.316 e. The van der Waals surface area contributed by atoms with Crippen LogP contribution in [0.4, 0.5) is 4.39 Å². The smallest absolute Gasteiger partial charge is 0.124 e. The van der Waals surface area contributed by atoms with Crippen LogP contribution in [0.3, 0.4) is 0 Å². The molecule has 1 N–H and O–H groups in total. The number of hydrogen-bond acceptors (Lipinski definition) is 3. The minimum absolute atomic E-state index is 0.180. The highest BCUT2D eigenvalue weighted by Crippen LogP contribution is 2.20. The van der Waals surface area contributed by atoms with Crippen molar-refractivity contribution in [1.82, 2.24) is 15.1 Å². The third kappa shape index (κ3) is 4.58. The summed E-state index contributed by atoms with van der Waals surface area (Å²) in [4.78, 5) is 0.968. The lowest BCUT2D eigenvalue weighted by atomic mass is 10.2. The molecular weight excluding hydrogens is 285 g/mol. The summed E-state index contributed by atoms with van der Waals surface area (Å²) in [7, 11) is 1.97. The number of rotatable bonds is 7. The van der Waals surface area contributed by atoms with Gasteiger partial charge in [0.25, 0.3) is 0 Å². The van der Waals surface area contributed by atoms with Crippen molar-refractivity contribution in [2.75, 3.05) is 12.8 Å². The zero-order valence-corrected chi connectivity index (χ0v) is 13.6. The third-order valence-corrected chi connectivity index (χ3v) is 4.55. The van der Waals surface area contributed by atoms with Gasteiger partial charge in [-0.25, -0.2) is 4.39 Å². The monoisotopic (exact) mass is 307 g/mol. The number of nitrogens with one attached hydrogen (secondary N) is 1. The van der Waals surface area contributed by atoms with Gasteiger partial charge in [0.1, 0.15) is 5.82 Å². The molecule has 1 unspecified atom stereocenters. The molecule has 1 heterocycles. The number of halogens is 1. The van der Waals surface area contributed by atoms with Gasteiger partial charge >= 0.3 is 0 Å². The quantitative estimate of drug-likeness (QED) is 0.796. The van der Waals surface area contributed by atoms with Crippen molar-refractivity contribution >= 4 is 11.8 Å². The summed E-state index contributed by atoms with van der Waals surface area (Å²) >= 11 is 1.67. The maximum absolute atomic E-state index is 13.2. The Labute approximate surface area is 129 Å². The fourth-order valence-electron chi connectivity index (χ4n) is 2.29. The summed E-state index contributed by atoms with van der Waals surface area (Å²) in [6.45, 7) is 5.01. The molecule has 1 aromatic carbocycles. The van der Waals surface area contributed by atoms with Gasteiger partial charge in [0.2, 0.25) is 0 Å². The number of hydrogen-bond donors (Lipinski definition) is 1. The van der Waals surface area contributed by atoms with E-state index in [1.807, 2.05) is 24.7 Å². The van der Waals surface area contributed by atoms with E-state index in [0.29, 0.717) is 6.04 Å². The van der Waals surface area contributed by atoms with E-state index in [1.165, 1.54) is 11.8 Å². The van der Waals surface area contributed by atoms with Crippen LogP contribution in [-0.4, -0.2) is 28.6 Å². The zero-order chi connectivity index (χ0) is 15.2. The summed E-state index contributed by atoms with van der Waals surface area (Å²) in [5.41, 5.74) is 2.30. The van der Waals surface area contributed by atoms with E-state index in [9.17, 15) is 4.39 Å². The first kappa shape index (κ1) is 16.0. The molecular formula is C16H22FN3S. The van der Waals surface area contributed by atoms with Crippen LogP contribution < -0.4 is 5.32 Å². The van der Waals surface area contributed by atoms with Crippen molar-refractivity contribution in [3.05, 3.63) is 47.5 Å². The summed E-state index contributed by atoms with van der Waals surface area (Å²) in [5, 5.41) is 7.82. The SMILES string of the molecule is CCn1nc(C)cc1CC(CSc1cccc(F)c1)NC. The van der Waals surface area contributed by atoms with Gasteiger partial charge in [-0.1, -0.05) is 6.07 Å². The topological polar surface area (TPSA) is 29.9 Å². The molecule has 2 rings (SSSR count). The molecule has 0 saturated carbocycles. The highest BCUT2D eigenvalue weighted by atomic mass is 32.2. The molecule has 0 radical (unpaired) electrons. The first-order valence-corrected chi connectivity index (χ1v) is 8.20. The van der Waals surface area contributed by atoms with E-state index >= 15 is 0 Å². The second kappa shape index (κ2) is 7.61. The Bertz CT molecular complexity index is 583. The lowest BCUT2D eigenvalue weighted by Gasteiger charge is -2.16. The number of aryl methyl sites for hydroxylation is 2. The maximum atomic E-state index is 13.2. The highest BCUT2D eigenvalue weighted by molar-refractivity contribution is 7.99. The third-order valence-electron chi connectivity index (χ3n) is 3.40. The Morgan fingerprint density at radius 1 is 1.38 bits per heavy atom. The van der Waals surface area contributed by atoms with Crippen LogP contribution in [0.25, 0.3) is 0 Å². The fraction of sp³-hybridized carbons (Fsp3) is 0.438. The van der Waals surface area contributed by atoms with Gasteiger partial charge in [-0.3, -0.25) is 4.68 Å². The minimum atomic E-state index is -0.180. The number of nitrogens with zero attached hydrogens (tertiary/aromatic N) is 2. The van der Waals surface area contributed by atoms with Crippen LogP contribution in [0.1, 0.15) is 18.3 Å². The molecule has 5 heteroatoms. The van der Waals surface area contributed by atoms with Crippen LogP contribution in [0.5, 0.6) is 0 Å². The predicted octanol–water partition coefficient (Wildman–Crippen LogP) is 3.27. The van der Waals surface area contributed by atoms with Gasteiger partial charge in [-0.2, -0.15) is 5.10 Å². The summed E-state index contributed by atoms with van der Waals surface area (Å²) in [6.07, 6.45) is 0.924. The van der Waals surface area contributed by atoms with Gasteiger partial charge in [-0.05, 0) is 45.2 Å². The van der Waals surface area contributed by atoms with Crippen molar-refractivity contribution in [2.24, 2.45) is 0 Å². The van der Waals surface area contributed by atoms with E-state index in [4.69, 9.17) is 0 Å². The lowest BCUT2D eigenvalue weighted by molar-refractivity contribution is 0.556. The molecule has 0 spiro atoms. The van der Waals surface area contributed by atoms with E-state index in [-0.39, 0.29) is 5.82 Å². The molecule has 3 nitrogen and oxygen atoms in total. The average molecular weight is 307 g/mol. The number of aromatic nitrogens is 2. The fourth-order valence-corrected chi connectivity index (χ4v) is 3.34. The van der Waals surface area contributed by atoms with Gasteiger partial charge in [0, 0.05) is 35.3 Å². The standard InChI is InChI=1S/C16H22FN3S/c1-4-20-15(8-12(2)19-20)10-14(18-3)11-21-16-7-5-6-13(17)9-16/h5-9,14,18H,4,10-11H2,1-3H3. The first-order valence-electron chi connectivity index (χ1n) is 7.21. The minimum Gasteiger partial charge on any atom is -0.316 e. The van der Waals surface area contributed by atoms with Crippen LogP contribution >= 0.6 is 11.8 Å². The van der Waals surface area contributed by atoms with Crippen molar-refractivity contribution in [1.29, 1.82) is 0 Å². The molecule has 0 bridgehead atoms. The molecule has 0 saturated heterocycles. The predicted molar refractivity (Wildman–Crippen MR) is 86.3 cm³/mol. The molecule has 1 atom stereocenters. The molecule has 0 amide bonds. The van der Waals surface area contributed by atoms with Crippen molar-refractivity contribution in [3.8, 4) is 0 Å². The summed E-state index contributed by atoms with van der Waals surface area (Å²) in [6, 6.07) is 9.23. The van der Waals surface area contributed by atoms with E-state index in [2.05, 4.69) is 23.4 Å². The first-order chi connectivity index (χ1) is 10.1. The Kier molecular flexibility index (Phi) is 5.82. The number of likely N-dealkylation sites (N-methyl/N-ethyl adjacent to an activating group) is 1. The molecule has 21 heavy (non-hydrogen) atoms. The second-order valence-electron chi connectivity index (χ2n) is 5.05. The van der Waals surface area contributed by atoms with E-state index in [1.54, 1.807) is 23.9 Å². The van der Waals surface area contributed by atoms with Crippen LogP contribution in [-0.2, 0) is 13.0 Å². The van der Waals surface area contributed by atoms with Gasteiger partial charge in [0.05, 0.1) is 5.69 Å². The lowest BCUT2D eigenvalue weighted by Crippen LogP contribution is -2.31. The van der Waals surface area contributed by atoms with Crippen molar-refractivity contribution in [2.45, 2.75) is 37.8 Å². The van der Waals surface area contributed by atoms with Gasteiger partial charge in [-0.15, -0.1) is 11.8 Å². The summed E-state index contributed by atoms with van der Waals surface area (Å²) in [5.74, 6) is 0.717. The van der Waals surface area contributed by atoms with E-state index in [0.717, 1.165) is 29.3 Å². The normalized spacial score (nSPS) is 12.6. The Hall–Kier alpha value is -1.33. The molecule has 1 aromatic heterocycles. The molecule has 0 fully saturated rings. The number of benzene rings is 1. The Morgan fingerprint density at radius 3 is 2.86 bits per heavy atom. The van der Waals surface area contributed by atoms with Crippen LogP contribution in [0.2, 0.25) is 0 Å². The average Bonchev–Trinajstić information content (AvgIpc) is 2.83. The van der Waals surface area contributed by atoms with Crippen LogP contribution in [0, 0.1) is 12.7 Å². The van der Waals surface area contributed by atoms with Gasteiger partial charge < -0.3 is 5.32 Å². The van der Waals surface area contributed by atoms with Crippen LogP contribution in [0.15, 0.2) is 35.2 Å². The van der Waals surface area contributed by atoms with Gasteiger partial charge in [0.15, 0.2) is 0 Å². The molecule has 0 aliphatic heterocycles. The van der Waals surface area contributed by atoms with Crippen molar-refractivity contribution in [3.63, 3.8) is 0 Å². The van der Waals surface area contributed by atoms with E-state index < -0.39 is 0 Å².